The predicted molar refractivity (Wildman–Crippen MR) is 145 cm³/mol. The van der Waals surface area contributed by atoms with Crippen LogP contribution in [0.5, 0.6) is 5.75 Å². The number of allylic oxidation sites excluding steroid dienone is 2. The molecule has 1 aliphatic heterocycles. The van der Waals surface area contributed by atoms with Crippen molar-refractivity contribution in [2.24, 2.45) is 5.92 Å². The van der Waals surface area contributed by atoms with E-state index in [-0.39, 0.29) is 23.8 Å². The van der Waals surface area contributed by atoms with Crippen LogP contribution in [-0.4, -0.2) is 55.6 Å². The highest BCUT2D eigenvalue weighted by Gasteiger charge is 2.42. The molecule has 0 N–H and O–H groups in total. The summed E-state index contributed by atoms with van der Waals surface area (Å²) in [6.45, 7) is 1.95. The van der Waals surface area contributed by atoms with Gasteiger partial charge in [-0.1, -0.05) is 65.9 Å². The molecule has 8 heteroatoms. The molecule has 1 amide bonds. The molecule has 0 saturated carbocycles. The number of amides is 1. The van der Waals surface area contributed by atoms with Gasteiger partial charge in [0.25, 0.3) is 0 Å². The molecular weight excluding hydrogens is 476 g/mol. The van der Waals surface area contributed by atoms with Crippen molar-refractivity contribution in [2.45, 2.75) is 31.3 Å². The fourth-order valence-corrected chi connectivity index (χ4v) is 5.70. The van der Waals surface area contributed by atoms with Gasteiger partial charge < -0.3 is 14.2 Å². The molecule has 38 heavy (non-hydrogen) atoms. The van der Waals surface area contributed by atoms with Crippen LogP contribution in [-0.2, 0) is 4.79 Å². The Morgan fingerprint density at radius 2 is 1.84 bits per heavy atom. The van der Waals surface area contributed by atoms with Crippen LogP contribution in [0.3, 0.4) is 0 Å². The Morgan fingerprint density at radius 3 is 2.61 bits per heavy atom. The lowest BCUT2D eigenvalue weighted by Gasteiger charge is -2.33. The number of aromatic nitrogens is 5. The van der Waals surface area contributed by atoms with Crippen molar-refractivity contribution in [3.63, 3.8) is 0 Å². The van der Waals surface area contributed by atoms with E-state index >= 15 is 0 Å². The van der Waals surface area contributed by atoms with Crippen molar-refractivity contribution in [3.8, 4) is 22.7 Å². The number of hydrogen-bond acceptors (Lipinski definition) is 5. The van der Waals surface area contributed by atoms with Gasteiger partial charge in [0.05, 0.1) is 37.1 Å². The van der Waals surface area contributed by atoms with Gasteiger partial charge in [0.1, 0.15) is 17.5 Å². The van der Waals surface area contributed by atoms with E-state index in [0.717, 1.165) is 16.9 Å². The van der Waals surface area contributed by atoms with E-state index in [0.29, 0.717) is 17.9 Å². The minimum absolute atomic E-state index is 0.00526. The van der Waals surface area contributed by atoms with E-state index in [9.17, 15) is 4.79 Å². The lowest BCUT2D eigenvalue weighted by atomic mass is 9.77. The fraction of sp³-hybridized carbons (Fsp3) is 0.267. The number of rotatable bonds is 5. The molecule has 4 atom stereocenters. The third-order valence-electron chi connectivity index (χ3n) is 7.69. The summed E-state index contributed by atoms with van der Waals surface area (Å²) in [7, 11) is 3.54. The van der Waals surface area contributed by atoms with E-state index in [4.69, 9.17) is 4.74 Å². The number of carbonyl (C=O) groups excluding carboxylic acids is 1. The average Bonchev–Trinajstić information content (AvgIpc) is 3.60. The number of hydrogen-bond donors (Lipinski definition) is 0. The molecule has 3 heterocycles. The SMILES string of the molecule is COc1cc(-c2cn(C3CC(c4ccccc4)C4C=CC=CC4N(C)C3=O)nn2)ccc1-n1cnc(C)c1. The lowest BCUT2D eigenvalue weighted by Crippen LogP contribution is -2.42. The topological polar surface area (TPSA) is 78.1 Å². The summed E-state index contributed by atoms with van der Waals surface area (Å²) >= 11 is 0. The third kappa shape index (κ3) is 4.22. The summed E-state index contributed by atoms with van der Waals surface area (Å²) in [5.41, 5.74) is 4.59. The summed E-state index contributed by atoms with van der Waals surface area (Å²) < 4.78 is 9.34. The Balaban J connectivity index is 1.35. The second kappa shape index (κ2) is 9.78. The molecule has 4 aromatic rings. The standard InChI is InChI=1S/C30H30N6O2/c1-20-17-35(19-31-20)27-14-13-22(15-29(27)38-3)25-18-36(33-32-25)28-16-24(21-9-5-4-6-10-21)23-11-7-8-12-26(23)34(2)30(28)37/h4-15,17-19,23-24,26,28H,16H2,1-3H3. The monoisotopic (exact) mass is 506 g/mol. The summed E-state index contributed by atoms with van der Waals surface area (Å²) in [6.07, 6.45) is 14.7. The fourth-order valence-electron chi connectivity index (χ4n) is 5.70. The Hall–Kier alpha value is -4.46. The van der Waals surface area contributed by atoms with Crippen molar-refractivity contribution < 1.29 is 9.53 Å². The number of imidazole rings is 1. The first-order valence-corrected chi connectivity index (χ1v) is 12.8. The summed E-state index contributed by atoms with van der Waals surface area (Å²) in [5, 5.41) is 8.92. The number of aryl methyl sites for hydroxylation is 1. The largest absolute Gasteiger partial charge is 0.495 e. The highest BCUT2D eigenvalue weighted by atomic mass is 16.5. The summed E-state index contributed by atoms with van der Waals surface area (Å²) in [6, 6.07) is 15.9. The number of carbonyl (C=O) groups is 1. The molecule has 8 nitrogen and oxygen atoms in total. The number of likely N-dealkylation sites (tertiary alicyclic amines) is 1. The van der Waals surface area contributed by atoms with Gasteiger partial charge in [0, 0.05) is 24.7 Å². The first-order valence-electron chi connectivity index (χ1n) is 12.8. The van der Waals surface area contributed by atoms with E-state index < -0.39 is 6.04 Å². The highest BCUT2D eigenvalue weighted by Crippen LogP contribution is 2.42. The van der Waals surface area contributed by atoms with Gasteiger partial charge in [0.2, 0.25) is 5.91 Å². The number of nitrogens with zero attached hydrogens (tertiary/aromatic N) is 6. The molecule has 0 spiro atoms. The Labute approximate surface area is 221 Å². The van der Waals surface area contributed by atoms with E-state index in [1.165, 1.54) is 5.56 Å². The van der Waals surface area contributed by atoms with E-state index in [1.54, 1.807) is 18.1 Å². The second-order valence-electron chi connectivity index (χ2n) is 9.95. The number of likely N-dealkylation sites (N-methyl/N-ethyl adjacent to an activating group) is 1. The molecular formula is C30H30N6O2. The van der Waals surface area contributed by atoms with Crippen molar-refractivity contribution >= 4 is 5.91 Å². The van der Waals surface area contributed by atoms with Crippen molar-refractivity contribution in [2.75, 3.05) is 14.2 Å². The first-order chi connectivity index (χ1) is 18.5. The highest BCUT2D eigenvalue weighted by molar-refractivity contribution is 5.81. The van der Waals surface area contributed by atoms with Crippen molar-refractivity contribution in [1.82, 2.24) is 29.4 Å². The Kier molecular flexibility index (Phi) is 6.15. The van der Waals surface area contributed by atoms with Gasteiger partial charge in [-0.2, -0.15) is 0 Å². The Bertz CT molecular complexity index is 1520. The molecule has 1 fully saturated rings. The molecule has 192 valence electrons. The van der Waals surface area contributed by atoms with E-state index in [2.05, 4.69) is 57.8 Å². The van der Waals surface area contributed by atoms with Crippen LogP contribution in [0.1, 0.15) is 29.6 Å². The van der Waals surface area contributed by atoms with Crippen LogP contribution in [0.25, 0.3) is 16.9 Å². The number of methoxy groups -OCH3 is 1. The zero-order valence-corrected chi connectivity index (χ0v) is 21.7. The van der Waals surface area contributed by atoms with E-state index in [1.807, 2.05) is 66.2 Å². The van der Waals surface area contributed by atoms with Crippen LogP contribution in [0, 0.1) is 12.8 Å². The molecule has 6 rings (SSSR count). The molecule has 2 aromatic carbocycles. The number of benzene rings is 2. The van der Waals surface area contributed by atoms with Gasteiger partial charge in [-0.05, 0) is 37.0 Å². The first kappa shape index (κ1) is 23.9. The Morgan fingerprint density at radius 1 is 1.03 bits per heavy atom. The van der Waals surface area contributed by atoms with Gasteiger partial charge in [-0.15, -0.1) is 5.10 Å². The van der Waals surface area contributed by atoms with Crippen molar-refractivity contribution in [1.29, 1.82) is 0 Å². The zero-order valence-electron chi connectivity index (χ0n) is 21.7. The number of fused-ring (bicyclic) bond motifs is 1. The van der Waals surface area contributed by atoms with Gasteiger partial charge in [-0.3, -0.25) is 4.79 Å². The van der Waals surface area contributed by atoms with Crippen LogP contribution in [0.2, 0.25) is 0 Å². The van der Waals surface area contributed by atoms with Crippen LogP contribution < -0.4 is 4.74 Å². The maximum absolute atomic E-state index is 13.8. The minimum atomic E-state index is -0.464. The number of ether oxygens (including phenoxy) is 1. The van der Waals surface area contributed by atoms with Gasteiger partial charge >= 0.3 is 0 Å². The van der Waals surface area contributed by atoms with Crippen LogP contribution in [0.4, 0.5) is 0 Å². The summed E-state index contributed by atoms with van der Waals surface area (Å²) in [5.74, 6) is 1.09. The summed E-state index contributed by atoms with van der Waals surface area (Å²) in [4.78, 5) is 20.0. The maximum atomic E-state index is 13.8. The molecule has 2 aliphatic rings. The molecule has 1 saturated heterocycles. The van der Waals surface area contributed by atoms with Crippen LogP contribution >= 0.6 is 0 Å². The zero-order chi connectivity index (χ0) is 26.2. The molecule has 2 aromatic heterocycles. The third-order valence-corrected chi connectivity index (χ3v) is 7.69. The lowest BCUT2D eigenvalue weighted by molar-refractivity contribution is -0.134. The second-order valence-corrected chi connectivity index (χ2v) is 9.95. The molecule has 4 unspecified atom stereocenters. The predicted octanol–water partition coefficient (Wildman–Crippen LogP) is 4.75. The van der Waals surface area contributed by atoms with Crippen LogP contribution in [0.15, 0.2) is 91.6 Å². The minimum Gasteiger partial charge on any atom is -0.495 e. The molecule has 1 aliphatic carbocycles. The van der Waals surface area contributed by atoms with Gasteiger partial charge in [0.15, 0.2) is 0 Å². The molecule has 0 bridgehead atoms. The maximum Gasteiger partial charge on any atom is 0.247 e. The van der Waals surface area contributed by atoms with Gasteiger partial charge in [-0.25, -0.2) is 9.67 Å². The van der Waals surface area contributed by atoms with Crippen molar-refractivity contribution in [3.05, 3.63) is 103 Å². The quantitative estimate of drug-likeness (QED) is 0.391. The average molecular weight is 507 g/mol. The smallest absolute Gasteiger partial charge is 0.247 e. The molecule has 0 radical (unpaired) electrons. The normalized spacial score (nSPS) is 22.8.